The first kappa shape index (κ1) is 13.7. The molecular formula is C14H25N3OS. The van der Waals surface area contributed by atoms with Crippen LogP contribution in [0.4, 0.5) is 0 Å². The van der Waals surface area contributed by atoms with Gasteiger partial charge >= 0.3 is 0 Å². The van der Waals surface area contributed by atoms with E-state index in [4.69, 9.17) is 0 Å². The van der Waals surface area contributed by atoms with E-state index in [1.165, 1.54) is 17.9 Å². The van der Waals surface area contributed by atoms with Gasteiger partial charge in [-0.25, -0.2) is 0 Å². The molecule has 4 nitrogen and oxygen atoms in total. The average Bonchev–Trinajstić information content (AvgIpc) is 2.93. The zero-order valence-corrected chi connectivity index (χ0v) is 12.7. The Bertz CT molecular complexity index is 336. The number of carbonyl (C=O) groups is 1. The number of rotatable bonds is 1. The average molecular weight is 283 g/mol. The van der Waals surface area contributed by atoms with Crippen molar-refractivity contribution in [1.29, 1.82) is 0 Å². The van der Waals surface area contributed by atoms with Gasteiger partial charge in [0.2, 0.25) is 5.91 Å². The molecule has 0 aromatic carbocycles. The second-order valence-electron chi connectivity index (χ2n) is 6.12. The summed E-state index contributed by atoms with van der Waals surface area (Å²) in [6.45, 7) is 4.05. The molecule has 3 heterocycles. The molecule has 1 amide bonds. The highest BCUT2D eigenvalue weighted by Gasteiger charge is 2.46. The molecule has 1 spiro atoms. The van der Waals surface area contributed by atoms with Crippen LogP contribution in [0.3, 0.4) is 0 Å². The van der Waals surface area contributed by atoms with E-state index in [2.05, 4.69) is 33.9 Å². The Balaban J connectivity index is 1.67. The highest BCUT2D eigenvalue weighted by Crippen LogP contribution is 2.33. The van der Waals surface area contributed by atoms with Crippen LogP contribution in [0.1, 0.15) is 25.7 Å². The van der Waals surface area contributed by atoms with Gasteiger partial charge in [-0.15, -0.1) is 0 Å². The zero-order valence-electron chi connectivity index (χ0n) is 11.9. The van der Waals surface area contributed by atoms with E-state index in [1.807, 2.05) is 0 Å². The molecule has 3 aliphatic heterocycles. The number of nitrogens with one attached hydrogen (secondary N) is 1. The molecule has 108 valence electrons. The van der Waals surface area contributed by atoms with Gasteiger partial charge in [0.05, 0.1) is 0 Å². The molecule has 3 saturated heterocycles. The van der Waals surface area contributed by atoms with Crippen LogP contribution in [0, 0.1) is 0 Å². The molecule has 0 radical (unpaired) electrons. The number of hydrogen-bond donors (Lipinski definition) is 1. The van der Waals surface area contributed by atoms with E-state index in [-0.39, 0.29) is 11.4 Å². The summed E-state index contributed by atoms with van der Waals surface area (Å²) in [6, 6.07) is 0.765. The van der Waals surface area contributed by atoms with Crippen molar-refractivity contribution in [2.24, 2.45) is 0 Å². The fourth-order valence-corrected chi connectivity index (χ4v) is 5.00. The van der Waals surface area contributed by atoms with Crippen LogP contribution in [-0.2, 0) is 4.79 Å². The first-order valence-corrected chi connectivity index (χ1v) is 8.69. The number of carbonyl (C=O) groups excluding carboxylic acids is 1. The van der Waals surface area contributed by atoms with Crippen molar-refractivity contribution in [3.8, 4) is 0 Å². The molecule has 3 fully saturated rings. The Morgan fingerprint density at radius 2 is 2.11 bits per heavy atom. The Kier molecular flexibility index (Phi) is 4.06. The van der Waals surface area contributed by atoms with Gasteiger partial charge < -0.3 is 5.32 Å². The van der Waals surface area contributed by atoms with E-state index >= 15 is 0 Å². The number of piperidine rings is 1. The third kappa shape index (κ3) is 2.52. The lowest BCUT2D eigenvalue weighted by Crippen LogP contribution is -2.61. The summed E-state index contributed by atoms with van der Waals surface area (Å²) in [7, 11) is 2.13. The summed E-state index contributed by atoms with van der Waals surface area (Å²) >= 11 is 2.08. The summed E-state index contributed by atoms with van der Waals surface area (Å²) in [5.41, 5.74) is -0.223. The normalized spacial score (nSPS) is 33.3. The minimum atomic E-state index is -0.223. The summed E-state index contributed by atoms with van der Waals surface area (Å²) < 4.78 is 0. The molecule has 5 heteroatoms. The molecule has 0 bridgehead atoms. The minimum absolute atomic E-state index is 0.223. The van der Waals surface area contributed by atoms with Crippen LogP contribution in [0.2, 0.25) is 0 Å². The van der Waals surface area contributed by atoms with Crippen molar-refractivity contribution in [3.63, 3.8) is 0 Å². The second kappa shape index (κ2) is 5.62. The quantitative estimate of drug-likeness (QED) is 0.771. The predicted octanol–water partition coefficient (Wildman–Crippen LogP) is 0.778. The number of hydrogen-bond acceptors (Lipinski definition) is 4. The Labute approximate surface area is 120 Å². The second-order valence-corrected chi connectivity index (χ2v) is 7.27. The van der Waals surface area contributed by atoms with E-state index < -0.39 is 0 Å². The standard InChI is InChI=1S/C14H25N3OS/c1-16-7-2-6-15-13(18)14(16)4-8-17(9-5-14)12-3-10-19-11-12/h12H,2-11H2,1H3,(H,15,18). The number of amides is 1. The van der Waals surface area contributed by atoms with Crippen LogP contribution in [0.5, 0.6) is 0 Å². The fraction of sp³-hybridized carbons (Fsp3) is 0.929. The van der Waals surface area contributed by atoms with Crippen molar-refractivity contribution in [2.75, 3.05) is 44.7 Å². The van der Waals surface area contributed by atoms with Crippen molar-refractivity contribution in [3.05, 3.63) is 0 Å². The SMILES string of the molecule is CN1CCCNC(=O)C12CCN(C1CCSC1)CC2. The lowest BCUT2D eigenvalue weighted by molar-refractivity contribution is -0.135. The zero-order chi connectivity index (χ0) is 13.3. The van der Waals surface area contributed by atoms with Crippen LogP contribution in [-0.4, -0.2) is 72.0 Å². The van der Waals surface area contributed by atoms with Gasteiger partial charge in [-0.1, -0.05) is 0 Å². The molecule has 0 aliphatic carbocycles. The fourth-order valence-electron chi connectivity index (χ4n) is 3.75. The Morgan fingerprint density at radius 1 is 1.32 bits per heavy atom. The van der Waals surface area contributed by atoms with Crippen LogP contribution in [0.15, 0.2) is 0 Å². The molecule has 3 aliphatic rings. The Morgan fingerprint density at radius 3 is 2.79 bits per heavy atom. The van der Waals surface area contributed by atoms with Crippen molar-refractivity contribution in [2.45, 2.75) is 37.3 Å². The summed E-state index contributed by atoms with van der Waals surface area (Å²) in [6.07, 6.45) is 4.40. The topological polar surface area (TPSA) is 35.6 Å². The number of likely N-dealkylation sites (tertiary alicyclic amines) is 1. The lowest BCUT2D eigenvalue weighted by atomic mass is 9.84. The van der Waals surface area contributed by atoms with Crippen LogP contribution in [0.25, 0.3) is 0 Å². The van der Waals surface area contributed by atoms with Gasteiger partial charge in [0.1, 0.15) is 5.54 Å². The molecule has 0 aromatic rings. The smallest absolute Gasteiger partial charge is 0.240 e. The first-order valence-electron chi connectivity index (χ1n) is 7.54. The molecule has 1 atom stereocenters. The summed E-state index contributed by atoms with van der Waals surface area (Å²) in [5, 5.41) is 3.12. The molecule has 19 heavy (non-hydrogen) atoms. The van der Waals surface area contributed by atoms with Gasteiger partial charge in [-0.3, -0.25) is 14.6 Å². The van der Waals surface area contributed by atoms with E-state index in [0.717, 1.165) is 51.5 Å². The first-order chi connectivity index (χ1) is 9.22. The molecule has 0 aromatic heterocycles. The van der Waals surface area contributed by atoms with Crippen molar-refractivity contribution >= 4 is 17.7 Å². The van der Waals surface area contributed by atoms with Crippen LogP contribution < -0.4 is 5.32 Å². The van der Waals surface area contributed by atoms with Crippen molar-refractivity contribution < 1.29 is 4.79 Å². The maximum atomic E-state index is 12.5. The maximum absolute atomic E-state index is 12.5. The molecule has 0 saturated carbocycles. The summed E-state index contributed by atoms with van der Waals surface area (Å²) in [5.74, 6) is 2.87. The molecule has 1 unspecified atom stereocenters. The Hall–Kier alpha value is -0.260. The number of nitrogens with zero attached hydrogens (tertiary/aromatic N) is 2. The van der Waals surface area contributed by atoms with E-state index in [1.54, 1.807) is 0 Å². The van der Waals surface area contributed by atoms with Gasteiger partial charge in [-0.05, 0) is 38.5 Å². The van der Waals surface area contributed by atoms with Crippen molar-refractivity contribution in [1.82, 2.24) is 15.1 Å². The highest BCUT2D eigenvalue weighted by molar-refractivity contribution is 7.99. The van der Waals surface area contributed by atoms with Gasteiger partial charge in [0.25, 0.3) is 0 Å². The highest BCUT2D eigenvalue weighted by atomic mass is 32.2. The molecule has 3 rings (SSSR count). The lowest BCUT2D eigenvalue weighted by Gasteiger charge is -2.46. The molecular weight excluding hydrogens is 258 g/mol. The van der Waals surface area contributed by atoms with E-state index in [0.29, 0.717) is 0 Å². The largest absolute Gasteiger partial charge is 0.354 e. The van der Waals surface area contributed by atoms with Gasteiger partial charge in [0, 0.05) is 38.0 Å². The molecule has 1 N–H and O–H groups in total. The van der Waals surface area contributed by atoms with Gasteiger partial charge in [-0.2, -0.15) is 11.8 Å². The monoisotopic (exact) mass is 283 g/mol. The van der Waals surface area contributed by atoms with E-state index in [9.17, 15) is 4.79 Å². The van der Waals surface area contributed by atoms with Gasteiger partial charge in [0.15, 0.2) is 0 Å². The minimum Gasteiger partial charge on any atom is -0.354 e. The summed E-state index contributed by atoms with van der Waals surface area (Å²) in [4.78, 5) is 17.4. The van der Waals surface area contributed by atoms with Crippen LogP contribution >= 0.6 is 11.8 Å². The third-order valence-corrected chi connectivity index (χ3v) is 6.30. The third-order valence-electron chi connectivity index (χ3n) is 5.16. The maximum Gasteiger partial charge on any atom is 0.240 e. The number of likely N-dealkylation sites (N-methyl/N-ethyl adjacent to an activating group) is 1. The predicted molar refractivity (Wildman–Crippen MR) is 79.5 cm³/mol. The number of thioether (sulfide) groups is 1.